The lowest BCUT2D eigenvalue weighted by molar-refractivity contribution is -0.0307. The lowest BCUT2D eigenvalue weighted by Crippen LogP contribution is -2.41. The van der Waals surface area contributed by atoms with Gasteiger partial charge in [-0.3, -0.25) is 0 Å². The molecule has 4 unspecified atom stereocenters. The molecule has 3 fully saturated rings. The summed E-state index contributed by atoms with van der Waals surface area (Å²) in [7, 11) is 0. The maximum absolute atomic E-state index is 6.56. The van der Waals surface area contributed by atoms with Gasteiger partial charge in [0, 0.05) is 5.41 Å². The first-order valence-electron chi connectivity index (χ1n) is 16.1. The summed E-state index contributed by atoms with van der Waals surface area (Å²) in [5, 5.41) is 0. The van der Waals surface area contributed by atoms with Crippen molar-refractivity contribution in [2.45, 2.75) is 131 Å². The van der Waals surface area contributed by atoms with Crippen LogP contribution in [0.25, 0.3) is 0 Å². The standard InChI is InChI=1S/C40H56O2/c1-30(19-13-20-32(3)23-28-40-37(7,8)25-16-27-39(40,10)42-40)17-11-12-18-31(2)21-14-22-33(4)34-29-35-36(5,6)24-15-26-38(35,9)41-34/h11-14,17-23,28-29,34H,15-16,24-27H2,1-10H3/b12-11+,19-13+,21-14+,28-23+,30-17+,31-18+,32-20+,33-22+. The summed E-state index contributed by atoms with van der Waals surface area (Å²) < 4.78 is 12.9. The molecular weight excluding hydrogens is 512 g/mol. The second kappa shape index (κ2) is 12.3. The van der Waals surface area contributed by atoms with E-state index >= 15 is 0 Å². The van der Waals surface area contributed by atoms with Crippen molar-refractivity contribution in [3.05, 3.63) is 107 Å². The Morgan fingerprint density at radius 3 is 1.88 bits per heavy atom. The minimum atomic E-state index is -0.107. The van der Waals surface area contributed by atoms with Gasteiger partial charge in [0.25, 0.3) is 0 Å². The van der Waals surface area contributed by atoms with Gasteiger partial charge in [0.2, 0.25) is 0 Å². The third kappa shape index (κ3) is 6.87. The molecule has 42 heavy (non-hydrogen) atoms. The fourth-order valence-electron chi connectivity index (χ4n) is 7.61. The van der Waals surface area contributed by atoms with Crippen LogP contribution in [0.4, 0.5) is 0 Å². The number of rotatable bonds is 9. The normalized spacial score (nSPS) is 35.4. The number of hydrogen-bond acceptors (Lipinski definition) is 2. The van der Waals surface area contributed by atoms with Crippen molar-refractivity contribution in [1.29, 1.82) is 0 Å². The molecule has 0 spiro atoms. The van der Waals surface area contributed by atoms with Gasteiger partial charge in [-0.05, 0) is 109 Å². The Morgan fingerprint density at radius 1 is 0.690 bits per heavy atom. The molecule has 0 radical (unpaired) electrons. The first-order chi connectivity index (χ1) is 19.6. The Hall–Kier alpha value is -2.42. The molecule has 0 aromatic heterocycles. The first-order valence-corrected chi connectivity index (χ1v) is 16.1. The summed E-state index contributed by atoms with van der Waals surface area (Å²) in [4.78, 5) is 0. The molecule has 1 saturated heterocycles. The van der Waals surface area contributed by atoms with Crippen LogP contribution in [-0.4, -0.2) is 22.9 Å². The minimum absolute atomic E-state index is 0.0166. The number of ether oxygens (including phenoxy) is 2. The summed E-state index contributed by atoms with van der Waals surface area (Å²) in [5.74, 6) is 0. The predicted molar refractivity (Wildman–Crippen MR) is 180 cm³/mol. The molecule has 0 aromatic carbocycles. The predicted octanol–water partition coefficient (Wildman–Crippen LogP) is 11.0. The molecule has 0 bridgehead atoms. The second-order valence-electron chi connectivity index (χ2n) is 15.0. The van der Waals surface area contributed by atoms with E-state index in [2.05, 4.69) is 148 Å². The van der Waals surface area contributed by atoms with Gasteiger partial charge in [-0.15, -0.1) is 0 Å². The number of epoxide rings is 1. The average Bonchev–Trinajstić information content (AvgIpc) is 3.37. The van der Waals surface area contributed by atoms with E-state index in [0.29, 0.717) is 0 Å². The molecule has 2 saturated carbocycles. The van der Waals surface area contributed by atoms with Gasteiger partial charge in [-0.25, -0.2) is 0 Å². The smallest absolute Gasteiger partial charge is 0.121 e. The van der Waals surface area contributed by atoms with Crippen LogP contribution < -0.4 is 0 Å². The van der Waals surface area contributed by atoms with E-state index in [9.17, 15) is 0 Å². The summed E-state index contributed by atoms with van der Waals surface area (Å²) in [6.07, 6.45) is 35.8. The van der Waals surface area contributed by atoms with Crippen molar-refractivity contribution in [3.63, 3.8) is 0 Å². The zero-order valence-corrected chi connectivity index (χ0v) is 28.1. The maximum atomic E-state index is 6.56. The van der Waals surface area contributed by atoms with Crippen LogP contribution in [0.1, 0.15) is 108 Å². The van der Waals surface area contributed by atoms with Crippen LogP contribution in [0.15, 0.2) is 107 Å². The van der Waals surface area contributed by atoms with Crippen LogP contribution in [0.5, 0.6) is 0 Å². The van der Waals surface area contributed by atoms with Crippen molar-refractivity contribution >= 4 is 0 Å². The van der Waals surface area contributed by atoms with Gasteiger partial charge >= 0.3 is 0 Å². The van der Waals surface area contributed by atoms with Crippen LogP contribution >= 0.6 is 0 Å². The Labute approximate surface area is 257 Å². The van der Waals surface area contributed by atoms with E-state index in [-0.39, 0.29) is 33.7 Å². The highest BCUT2D eigenvalue weighted by Crippen LogP contribution is 2.66. The van der Waals surface area contributed by atoms with Crippen molar-refractivity contribution in [3.8, 4) is 0 Å². The summed E-state index contributed by atoms with van der Waals surface area (Å²) in [5.41, 5.74) is 6.66. The van der Waals surface area contributed by atoms with Gasteiger partial charge in [0.05, 0.1) is 17.3 Å². The quantitative estimate of drug-likeness (QED) is 0.157. The molecule has 0 amide bonds. The highest BCUT2D eigenvalue weighted by Gasteiger charge is 2.73. The van der Waals surface area contributed by atoms with Crippen molar-refractivity contribution in [2.24, 2.45) is 10.8 Å². The van der Waals surface area contributed by atoms with E-state index < -0.39 is 0 Å². The van der Waals surface area contributed by atoms with Gasteiger partial charge in [0.15, 0.2) is 0 Å². The van der Waals surface area contributed by atoms with Crippen LogP contribution in [0, 0.1) is 10.8 Å². The summed E-state index contributed by atoms with van der Waals surface area (Å²) >= 11 is 0. The van der Waals surface area contributed by atoms with Crippen LogP contribution in [0.3, 0.4) is 0 Å². The molecule has 0 aromatic rings. The maximum Gasteiger partial charge on any atom is 0.121 e. The second-order valence-corrected chi connectivity index (χ2v) is 15.0. The van der Waals surface area contributed by atoms with Crippen molar-refractivity contribution in [2.75, 3.05) is 0 Å². The Balaban J connectivity index is 1.26. The molecule has 2 heterocycles. The van der Waals surface area contributed by atoms with Crippen molar-refractivity contribution < 1.29 is 9.47 Å². The topological polar surface area (TPSA) is 21.8 Å². The monoisotopic (exact) mass is 568 g/mol. The fourth-order valence-corrected chi connectivity index (χ4v) is 7.61. The highest BCUT2D eigenvalue weighted by molar-refractivity contribution is 5.38. The SMILES string of the molecule is CC(/C=C/C=C(C)/C=C/C12OC1(C)CCCC2(C)C)=C\C=C\C=C(C)\C=C\C=C(/C)C1C=C2C(C)(C)CCCC2(C)O1. The molecule has 228 valence electrons. The molecule has 2 aliphatic heterocycles. The molecule has 2 heteroatoms. The van der Waals surface area contributed by atoms with Crippen LogP contribution in [-0.2, 0) is 9.47 Å². The molecule has 4 atom stereocenters. The zero-order chi connectivity index (χ0) is 30.8. The van der Waals surface area contributed by atoms with Crippen molar-refractivity contribution in [1.82, 2.24) is 0 Å². The summed E-state index contributed by atoms with van der Waals surface area (Å²) in [6, 6.07) is 0. The van der Waals surface area contributed by atoms with Gasteiger partial charge in [-0.1, -0.05) is 111 Å². The molecule has 2 nitrogen and oxygen atoms in total. The van der Waals surface area contributed by atoms with E-state index in [1.807, 2.05) is 0 Å². The lowest BCUT2D eigenvalue weighted by atomic mass is 9.64. The average molecular weight is 569 g/mol. The Bertz CT molecular complexity index is 1300. The van der Waals surface area contributed by atoms with E-state index in [1.165, 1.54) is 53.5 Å². The molecule has 2 aliphatic carbocycles. The van der Waals surface area contributed by atoms with Gasteiger partial charge in [-0.2, -0.15) is 0 Å². The minimum Gasteiger partial charge on any atom is -0.359 e. The molecule has 4 aliphatic rings. The first kappa shape index (κ1) is 32.5. The van der Waals surface area contributed by atoms with E-state index in [4.69, 9.17) is 9.47 Å². The number of hydrogen-bond donors (Lipinski definition) is 0. The van der Waals surface area contributed by atoms with Gasteiger partial charge < -0.3 is 9.47 Å². The number of allylic oxidation sites excluding steroid dienone is 14. The third-order valence-electron chi connectivity index (χ3n) is 10.3. The van der Waals surface area contributed by atoms with E-state index in [0.717, 1.165) is 12.8 Å². The third-order valence-corrected chi connectivity index (χ3v) is 10.3. The lowest BCUT2D eigenvalue weighted by Gasteiger charge is -2.42. The zero-order valence-electron chi connectivity index (χ0n) is 28.1. The largest absolute Gasteiger partial charge is 0.359 e. The van der Waals surface area contributed by atoms with Gasteiger partial charge in [0.1, 0.15) is 5.60 Å². The molecular formula is C40H56O2. The molecule has 4 rings (SSSR count). The molecule has 0 N–H and O–H groups in total. The Morgan fingerprint density at radius 2 is 1.26 bits per heavy atom. The summed E-state index contributed by atoms with van der Waals surface area (Å²) in [6.45, 7) is 22.6. The number of fused-ring (bicyclic) bond motifs is 2. The fraction of sp³-hybridized carbons (Fsp3) is 0.550. The van der Waals surface area contributed by atoms with E-state index in [1.54, 1.807) is 0 Å². The van der Waals surface area contributed by atoms with Crippen LogP contribution in [0.2, 0.25) is 0 Å². The Kier molecular flexibility index (Phi) is 9.51. The highest BCUT2D eigenvalue weighted by atomic mass is 16.6.